The van der Waals surface area contributed by atoms with Gasteiger partial charge in [0.2, 0.25) is 0 Å². The number of benzene rings is 1. The van der Waals surface area contributed by atoms with Gasteiger partial charge >= 0.3 is 6.18 Å². The molecule has 4 nitrogen and oxygen atoms in total. The van der Waals surface area contributed by atoms with E-state index in [1.54, 1.807) is 0 Å². The summed E-state index contributed by atoms with van der Waals surface area (Å²) >= 11 is 2.80. The summed E-state index contributed by atoms with van der Waals surface area (Å²) in [4.78, 5) is 16.6. The summed E-state index contributed by atoms with van der Waals surface area (Å²) in [6.07, 6.45) is -3.37. The zero-order valence-corrected chi connectivity index (χ0v) is 16.2. The first kappa shape index (κ1) is 20.6. The lowest BCUT2D eigenvalue weighted by molar-refractivity contribution is -0.142. The van der Waals surface area contributed by atoms with Gasteiger partial charge in [-0.25, -0.2) is 4.98 Å². The van der Waals surface area contributed by atoms with Gasteiger partial charge in [0.1, 0.15) is 10.3 Å². The van der Waals surface area contributed by atoms with Gasteiger partial charge in [-0.1, -0.05) is 44.2 Å². The second-order valence-corrected chi connectivity index (χ2v) is 6.72. The number of rotatable bonds is 7. The number of hydrogen-bond acceptors (Lipinski definition) is 3. The molecule has 8 heteroatoms. The minimum absolute atomic E-state index is 0.102. The molecule has 0 aliphatic carbocycles. The van der Waals surface area contributed by atoms with Gasteiger partial charge in [0.15, 0.2) is 5.69 Å². The van der Waals surface area contributed by atoms with Crippen molar-refractivity contribution in [3.05, 3.63) is 62.2 Å². The van der Waals surface area contributed by atoms with E-state index < -0.39 is 27.9 Å². The van der Waals surface area contributed by atoms with Crippen LogP contribution in [0.1, 0.15) is 49.8 Å². The molecule has 142 valence electrons. The maximum Gasteiger partial charge on any atom is 0.434 e. The Bertz CT molecular complexity index is 791. The Hall–Kier alpha value is -1.67. The topological polar surface area (TPSA) is 46.9 Å². The van der Waals surface area contributed by atoms with Gasteiger partial charge < -0.3 is 5.32 Å². The molecule has 0 radical (unpaired) electrons. The van der Waals surface area contributed by atoms with Gasteiger partial charge in [-0.15, -0.1) is 0 Å². The first-order valence-corrected chi connectivity index (χ1v) is 9.23. The highest BCUT2D eigenvalue weighted by Crippen LogP contribution is 2.32. The van der Waals surface area contributed by atoms with E-state index in [0.29, 0.717) is 13.0 Å². The Labute approximate surface area is 158 Å². The van der Waals surface area contributed by atoms with E-state index in [0.717, 1.165) is 12.0 Å². The van der Waals surface area contributed by atoms with Crippen molar-refractivity contribution in [2.45, 2.75) is 45.5 Å². The second kappa shape index (κ2) is 8.81. The molecule has 0 amide bonds. The number of nitrogens with one attached hydrogen (secondary N) is 1. The Balaban J connectivity index is 2.63. The molecule has 2 rings (SSSR count). The molecule has 26 heavy (non-hydrogen) atoms. The molecule has 1 atom stereocenters. The fraction of sp³-hybridized carbons (Fsp3) is 0.444. The third kappa shape index (κ3) is 4.73. The number of nitrogens with zero attached hydrogens (tertiary/aromatic N) is 2. The van der Waals surface area contributed by atoms with Gasteiger partial charge in [-0.3, -0.25) is 9.36 Å². The quantitative estimate of drug-likeness (QED) is 0.700. The van der Waals surface area contributed by atoms with Crippen molar-refractivity contribution in [3.63, 3.8) is 0 Å². The van der Waals surface area contributed by atoms with Gasteiger partial charge in [0.05, 0.1) is 12.6 Å². The highest BCUT2D eigenvalue weighted by Gasteiger charge is 2.38. The van der Waals surface area contributed by atoms with E-state index in [1.807, 2.05) is 44.2 Å². The molecule has 0 spiro atoms. The fourth-order valence-electron chi connectivity index (χ4n) is 2.66. The maximum atomic E-state index is 13.3. The van der Waals surface area contributed by atoms with Crippen LogP contribution in [0.4, 0.5) is 13.2 Å². The van der Waals surface area contributed by atoms with Crippen molar-refractivity contribution >= 4 is 15.9 Å². The van der Waals surface area contributed by atoms with Crippen LogP contribution in [0.2, 0.25) is 0 Å². The smallest absolute Gasteiger partial charge is 0.307 e. The van der Waals surface area contributed by atoms with E-state index in [9.17, 15) is 18.0 Å². The van der Waals surface area contributed by atoms with E-state index in [4.69, 9.17) is 0 Å². The molecule has 1 heterocycles. The Kier molecular flexibility index (Phi) is 7.00. The summed E-state index contributed by atoms with van der Waals surface area (Å²) in [6, 6.07) is 8.68. The Morgan fingerprint density at radius 2 is 1.88 bits per heavy atom. The first-order valence-electron chi connectivity index (χ1n) is 8.44. The molecule has 1 aromatic carbocycles. The Morgan fingerprint density at radius 1 is 1.23 bits per heavy atom. The molecule has 0 bridgehead atoms. The monoisotopic (exact) mass is 431 g/mol. The molecule has 1 aromatic heterocycles. The van der Waals surface area contributed by atoms with E-state index in [1.165, 1.54) is 4.57 Å². The van der Waals surface area contributed by atoms with E-state index in [-0.39, 0.29) is 12.4 Å². The first-order chi connectivity index (χ1) is 12.3. The molecule has 2 aromatic rings. The van der Waals surface area contributed by atoms with Gasteiger partial charge in [-0.05, 0) is 40.9 Å². The second-order valence-electron chi connectivity index (χ2n) is 5.92. The molecule has 0 saturated heterocycles. The average molecular weight is 432 g/mol. The number of halogens is 4. The van der Waals surface area contributed by atoms with E-state index >= 15 is 0 Å². The molecule has 0 saturated carbocycles. The van der Waals surface area contributed by atoms with Crippen LogP contribution in [-0.4, -0.2) is 16.1 Å². The largest absolute Gasteiger partial charge is 0.434 e. The third-order valence-corrected chi connectivity index (χ3v) is 4.67. The fourth-order valence-corrected chi connectivity index (χ4v) is 3.18. The lowest BCUT2D eigenvalue weighted by atomic mass is 10.1. The van der Waals surface area contributed by atoms with Crippen LogP contribution in [0.3, 0.4) is 0 Å². The number of alkyl halides is 3. The van der Waals surface area contributed by atoms with Crippen LogP contribution < -0.4 is 10.9 Å². The normalized spacial score (nSPS) is 13.0. The molecular weight excluding hydrogens is 411 g/mol. The van der Waals surface area contributed by atoms with Gasteiger partial charge in [0.25, 0.3) is 5.56 Å². The van der Waals surface area contributed by atoms with E-state index in [2.05, 4.69) is 26.2 Å². The van der Waals surface area contributed by atoms with Crippen molar-refractivity contribution in [1.29, 1.82) is 0 Å². The van der Waals surface area contributed by atoms with Crippen LogP contribution in [-0.2, 0) is 12.7 Å². The Morgan fingerprint density at radius 3 is 2.42 bits per heavy atom. The third-order valence-electron chi connectivity index (χ3n) is 3.96. The molecule has 1 unspecified atom stereocenters. The lowest BCUT2D eigenvalue weighted by Gasteiger charge is -2.23. The standard InChI is InChI=1S/C18H21BrF3N3O/c1-3-10-23-13(4-2)16-24-15(18(20,21)22)14(19)17(26)25(16)11-12-8-6-5-7-9-12/h5-9,13,23H,3-4,10-11H2,1-2H3. The lowest BCUT2D eigenvalue weighted by Crippen LogP contribution is -2.35. The average Bonchev–Trinajstić information content (AvgIpc) is 2.60. The van der Waals surface area contributed by atoms with Gasteiger partial charge in [0, 0.05) is 0 Å². The molecular formula is C18H21BrF3N3O. The maximum absolute atomic E-state index is 13.3. The minimum atomic E-state index is -4.71. The van der Waals surface area contributed by atoms with Crippen LogP contribution in [0.15, 0.2) is 39.6 Å². The summed E-state index contributed by atoms with van der Waals surface area (Å²) in [5, 5.41) is 3.18. The zero-order chi connectivity index (χ0) is 19.3. The summed E-state index contributed by atoms with van der Waals surface area (Å²) < 4.78 is 40.7. The predicted molar refractivity (Wildman–Crippen MR) is 98.1 cm³/mol. The van der Waals surface area contributed by atoms with Crippen molar-refractivity contribution in [1.82, 2.24) is 14.9 Å². The SMILES string of the molecule is CCCNC(CC)c1nc(C(F)(F)F)c(Br)c(=O)n1Cc1ccccc1. The molecule has 0 aliphatic heterocycles. The van der Waals surface area contributed by atoms with Gasteiger partial charge in [-0.2, -0.15) is 13.2 Å². The van der Waals surface area contributed by atoms with Crippen molar-refractivity contribution < 1.29 is 13.2 Å². The zero-order valence-electron chi connectivity index (χ0n) is 14.6. The van der Waals surface area contributed by atoms with Crippen molar-refractivity contribution in [3.8, 4) is 0 Å². The van der Waals surface area contributed by atoms with Crippen LogP contribution in [0.25, 0.3) is 0 Å². The van der Waals surface area contributed by atoms with Crippen molar-refractivity contribution in [2.75, 3.05) is 6.54 Å². The summed E-state index contributed by atoms with van der Waals surface area (Å²) in [7, 11) is 0. The number of hydrogen-bond donors (Lipinski definition) is 1. The molecule has 0 aliphatic rings. The number of aromatic nitrogens is 2. The van der Waals surface area contributed by atoms with Crippen LogP contribution in [0.5, 0.6) is 0 Å². The predicted octanol–water partition coefficient (Wildman–Crippen LogP) is 4.52. The minimum Gasteiger partial charge on any atom is -0.307 e. The van der Waals surface area contributed by atoms with Crippen LogP contribution in [0, 0.1) is 0 Å². The summed E-state index contributed by atoms with van der Waals surface area (Å²) in [5.74, 6) is 0.102. The highest BCUT2D eigenvalue weighted by atomic mass is 79.9. The summed E-state index contributed by atoms with van der Waals surface area (Å²) in [5.41, 5.74) is -1.10. The molecule has 1 N–H and O–H groups in total. The summed E-state index contributed by atoms with van der Waals surface area (Å²) in [6.45, 7) is 4.59. The van der Waals surface area contributed by atoms with Crippen LogP contribution >= 0.6 is 15.9 Å². The van der Waals surface area contributed by atoms with Crippen molar-refractivity contribution in [2.24, 2.45) is 0 Å². The molecule has 0 fully saturated rings. The highest BCUT2D eigenvalue weighted by molar-refractivity contribution is 9.10.